The fraction of sp³-hybridized carbons (Fsp3) is 0.556. The van der Waals surface area contributed by atoms with Gasteiger partial charge in [-0.05, 0) is 62.8 Å². The molecule has 0 bridgehead atoms. The number of hydrogen-bond acceptors (Lipinski definition) is 3. The van der Waals surface area contributed by atoms with Crippen LogP contribution in [0.2, 0.25) is 0 Å². The predicted molar refractivity (Wildman–Crippen MR) is 91.4 cm³/mol. The highest BCUT2D eigenvalue weighted by molar-refractivity contribution is 9.10. The molecule has 1 saturated carbocycles. The molecular formula is C18H22BrNO3. The maximum absolute atomic E-state index is 13.1. The van der Waals surface area contributed by atoms with Gasteiger partial charge >= 0.3 is 0 Å². The molecule has 2 fully saturated rings. The van der Waals surface area contributed by atoms with Gasteiger partial charge in [-0.25, -0.2) is 0 Å². The van der Waals surface area contributed by atoms with Crippen LogP contribution in [0.3, 0.4) is 0 Å². The molecule has 0 radical (unpaired) electrons. The lowest BCUT2D eigenvalue weighted by Gasteiger charge is -2.35. The highest BCUT2D eigenvalue weighted by Crippen LogP contribution is 2.40. The first kappa shape index (κ1) is 16.7. The van der Waals surface area contributed by atoms with Gasteiger partial charge in [0.2, 0.25) is 5.91 Å². The molecule has 1 saturated heterocycles. The third-order valence-corrected chi connectivity index (χ3v) is 5.59. The Labute approximate surface area is 145 Å². The topological polar surface area (TPSA) is 55.4 Å². The van der Waals surface area contributed by atoms with Crippen molar-refractivity contribution in [2.45, 2.75) is 57.1 Å². The number of amides is 1. The van der Waals surface area contributed by atoms with Crippen molar-refractivity contribution in [2.75, 3.05) is 6.61 Å². The Balaban J connectivity index is 1.85. The molecule has 1 unspecified atom stereocenters. The van der Waals surface area contributed by atoms with Gasteiger partial charge in [-0.3, -0.25) is 9.59 Å². The summed E-state index contributed by atoms with van der Waals surface area (Å²) in [5.74, 6) is -0.819. The zero-order valence-electron chi connectivity index (χ0n) is 13.5. The molecule has 1 heterocycles. The quantitative estimate of drug-likeness (QED) is 0.819. The van der Waals surface area contributed by atoms with Crippen LogP contribution in [0.1, 0.15) is 49.7 Å². The van der Waals surface area contributed by atoms with Crippen LogP contribution in [-0.2, 0) is 14.3 Å². The summed E-state index contributed by atoms with van der Waals surface area (Å²) in [5.41, 5.74) is 1.09. The fourth-order valence-electron chi connectivity index (χ4n) is 3.83. The minimum absolute atomic E-state index is 0.0265. The van der Waals surface area contributed by atoms with E-state index >= 15 is 0 Å². The largest absolute Gasteiger partial charge is 0.379 e. The van der Waals surface area contributed by atoms with Crippen molar-refractivity contribution < 1.29 is 14.3 Å². The van der Waals surface area contributed by atoms with E-state index in [1.165, 1.54) is 0 Å². The Kier molecular flexibility index (Phi) is 4.61. The van der Waals surface area contributed by atoms with Crippen molar-refractivity contribution in [3.63, 3.8) is 0 Å². The number of nitrogens with one attached hydrogen (secondary N) is 1. The smallest absolute Gasteiger partial charge is 0.235 e. The molecule has 1 aliphatic carbocycles. The summed E-state index contributed by atoms with van der Waals surface area (Å²) < 4.78 is 6.55. The first-order valence-electron chi connectivity index (χ1n) is 8.21. The number of hydrogen-bond donors (Lipinski definition) is 1. The third-order valence-electron chi connectivity index (χ3n) is 5.10. The lowest BCUT2D eigenvalue weighted by Crippen LogP contribution is -2.50. The molecule has 0 aromatic heterocycles. The summed E-state index contributed by atoms with van der Waals surface area (Å²) in [5, 5.41) is 3.02. The lowest BCUT2D eigenvalue weighted by atomic mass is 9.75. The van der Waals surface area contributed by atoms with Gasteiger partial charge in [-0.1, -0.05) is 22.0 Å². The van der Waals surface area contributed by atoms with Gasteiger partial charge < -0.3 is 10.1 Å². The monoisotopic (exact) mass is 379 g/mol. The number of Topliss-reactive ketones (excluding diaryl/α,β-unsaturated/α-hetero) is 1. The number of rotatable bonds is 3. The Bertz CT molecular complexity index is 635. The van der Waals surface area contributed by atoms with E-state index in [9.17, 15) is 9.59 Å². The molecule has 1 atom stereocenters. The van der Waals surface area contributed by atoms with E-state index in [1.54, 1.807) is 0 Å². The second-order valence-corrected chi connectivity index (χ2v) is 7.44. The number of ether oxygens (including phenoxy) is 1. The van der Waals surface area contributed by atoms with Gasteiger partial charge in [0.1, 0.15) is 5.92 Å². The molecule has 2 aliphatic rings. The molecule has 1 aromatic rings. The second-order valence-electron chi connectivity index (χ2n) is 6.52. The number of ketones is 1. The Morgan fingerprint density at radius 1 is 1.30 bits per heavy atom. The molecule has 1 N–H and O–H groups in total. The summed E-state index contributed by atoms with van der Waals surface area (Å²) in [6.45, 7) is 4.62. The third kappa shape index (κ3) is 2.96. The molecule has 1 aliphatic heterocycles. The normalized spacial score (nSPS) is 30.7. The van der Waals surface area contributed by atoms with Gasteiger partial charge in [0, 0.05) is 11.1 Å². The number of carbonyl (C=O) groups is 2. The van der Waals surface area contributed by atoms with Crippen molar-refractivity contribution in [3.8, 4) is 0 Å². The average molecular weight is 380 g/mol. The lowest BCUT2D eigenvalue weighted by molar-refractivity contribution is -0.126. The second kappa shape index (κ2) is 6.36. The summed E-state index contributed by atoms with van der Waals surface area (Å²) in [6, 6.07) is 5.76. The van der Waals surface area contributed by atoms with Crippen LogP contribution >= 0.6 is 15.9 Å². The van der Waals surface area contributed by atoms with Crippen molar-refractivity contribution in [3.05, 3.63) is 33.8 Å². The van der Waals surface area contributed by atoms with E-state index in [1.807, 2.05) is 32.0 Å². The minimum Gasteiger partial charge on any atom is -0.379 e. The molecule has 3 rings (SSSR count). The Hall–Kier alpha value is -1.20. The highest BCUT2D eigenvalue weighted by atomic mass is 79.9. The molecular weight excluding hydrogens is 358 g/mol. The van der Waals surface area contributed by atoms with Crippen molar-refractivity contribution >= 4 is 27.6 Å². The van der Waals surface area contributed by atoms with E-state index in [-0.39, 0.29) is 17.8 Å². The van der Waals surface area contributed by atoms with Gasteiger partial charge in [-0.2, -0.15) is 0 Å². The van der Waals surface area contributed by atoms with Crippen LogP contribution in [0, 0.1) is 6.92 Å². The fourth-order valence-corrected chi connectivity index (χ4v) is 4.21. The van der Waals surface area contributed by atoms with E-state index in [0.29, 0.717) is 19.4 Å². The maximum atomic E-state index is 13.1. The summed E-state index contributed by atoms with van der Waals surface area (Å²) in [7, 11) is 0. The van der Waals surface area contributed by atoms with Crippen LogP contribution in [-0.4, -0.2) is 29.9 Å². The van der Waals surface area contributed by atoms with Gasteiger partial charge in [0.05, 0.1) is 11.6 Å². The van der Waals surface area contributed by atoms with Crippen LogP contribution < -0.4 is 5.32 Å². The van der Waals surface area contributed by atoms with E-state index < -0.39 is 11.5 Å². The first-order chi connectivity index (χ1) is 11.0. The molecule has 23 heavy (non-hydrogen) atoms. The molecule has 1 spiro atoms. The summed E-state index contributed by atoms with van der Waals surface area (Å²) >= 11 is 3.44. The number of halogens is 1. The van der Waals surface area contributed by atoms with Crippen molar-refractivity contribution in [1.29, 1.82) is 0 Å². The minimum atomic E-state index is -0.690. The average Bonchev–Trinajstić information content (AvgIpc) is 2.76. The number of benzene rings is 1. The van der Waals surface area contributed by atoms with Gasteiger partial charge in [0.25, 0.3) is 0 Å². The highest BCUT2D eigenvalue weighted by Gasteiger charge is 2.54. The van der Waals surface area contributed by atoms with Gasteiger partial charge in [-0.15, -0.1) is 0 Å². The standard InChI is InChI=1S/C18H22BrNO3/c1-3-23-13-6-8-18(9-7-13)16(21)15(17(22)20-18)14-10-12(19)5-4-11(14)2/h4-5,10,13,15H,3,6-9H2,1-2H3,(H,20,22). The van der Waals surface area contributed by atoms with Crippen LogP contribution in [0.15, 0.2) is 22.7 Å². The summed E-state index contributed by atoms with van der Waals surface area (Å²) in [6.07, 6.45) is 3.20. The van der Waals surface area contributed by atoms with Crippen molar-refractivity contribution in [2.24, 2.45) is 0 Å². The molecule has 1 amide bonds. The van der Waals surface area contributed by atoms with Gasteiger partial charge in [0.15, 0.2) is 5.78 Å². The summed E-state index contributed by atoms with van der Waals surface area (Å²) in [4.78, 5) is 25.6. The van der Waals surface area contributed by atoms with E-state index in [4.69, 9.17) is 4.74 Å². The molecule has 1 aromatic carbocycles. The SMILES string of the molecule is CCOC1CCC2(CC1)NC(=O)C(c1cc(Br)ccc1C)C2=O. The zero-order valence-corrected chi connectivity index (χ0v) is 15.1. The molecule has 124 valence electrons. The maximum Gasteiger partial charge on any atom is 0.235 e. The zero-order chi connectivity index (χ0) is 16.6. The molecule has 5 heteroatoms. The van der Waals surface area contributed by atoms with Crippen molar-refractivity contribution in [1.82, 2.24) is 5.32 Å². The number of carbonyl (C=O) groups excluding carboxylic acids is 2. The van der Waals surface area contributed by atoms with E-state index in [0.717, 1.165) is 28.4 Å². The van der Waals surface area contributed by atoms with Crippen LogP contribution in [0.4, 0.5) is 0 Å². The Morgan fingerprint density at radius 3 is 2.65 bits per heavy atom. The Morgan fingerprint density at radius 2 is 2.00 bits per heavy atom. The van der Waals surface area contributed by atoms with Crippen LogP contribution in [0.25, 0.3) is 0 Å². The van der Waals surface area contributed by atoms with Crippen LogP contribution in [0.5, 0.6) is 0 Å². The first-order valence-corrected chi connectivity index (χ1v) is 9.00. The van der Waals surface area contributed by atoms with E-state index in [2.05, 4.69) is 21.2 Å². The predicted octanol–water partition coefficient (Wildman–Crippen LogP) is 3.26. The number of aryl methyl sites for hydroxylation is 1. The molecule has 4 nitrogen and oxygen atoms in total.